The maximum atomic E-state index is 13.6. The molecule has 2 rings (SSSR count). The summed E-state index contributed by atoms with van der Waals surface area (Å²) < 4.78 is 90.5. The number of halogens is 6. The molecule has 0 saturated carbocycles. The van der Waals surface area contributed by atoms with Crippen LogP contribution in [0.5, 0.6) is 0 Å². The summed E-state index contributed by atoms with van der Waals surface area (Å²) in [5, 5.41) is 0. The number of rotatable bonds is 3. The van der Waals surface area contributed by atoms with Crippen molar-refractivity contribution in [3.63, 3.8) is 0 Å². The molecule has 0 spiro atoms. The monoisotopic (exact) mass is 415 g/mol. The Labute approximate surface area is 136 Å². The van der Waals surface area contributed by atoms with Crippen LogP contribution in [-0.2, 0) is 16.2 Å². The van der Waals surface area contributed by atoms with Gasteiger partial charge in [0, 0.05) is 0 Å². The molecule has 2 aromatic carbocycles. The van der Waals surface area contributed by atoms with Crippen LogP contribution in [-0.4, -0.2) is 8.42 Å². The zero-order chi connectivity index (χ0) is 17.4. The van der Waals surface area contributed by atoms with Gasteiger partial charge in [0.15, 0.2) is 0 Å². The summed E-state index contributed by atoms with van der Waals surface area (Å²) in [6, 6.07) is 4.06. The molecule has 124 valence electrons. The minimum atomic E-state index is -4.77. The molecule has 0 saturated heterocycles. The van der Waals surface area contributed by atoms with Gasteiger partial charge in [-0.1, -0.05) is 0 Å². The Morgan fingerprint density at radius 1 is 0.957 bits per heavy atom. The molecule has 0 aromatic heterocycles. The lowest BCUT2D eigenvalue weighted by atomic mass is 10.2. The molecule has 0 fully saturated rings. The molecule has 0 bridgehead atoms. The zero-order valence-electron chi connectivity index (χ0n) is 11.0. The van der Waals surface area contributed by atoms with Crippen molar-refractivity contribution in [2.45, 2.75) is 11.1 Å². The molecule has 0 aliphatic rings. The Morgan fingerprint density at radius 2 is 1.61 bits per heavy atom. The van der Waals surface area contributed by atoms with Crippen molar-refractivity contribution in [3.05, 3.63) is 58.1 Å². The van der Waals surface area contributed by atoms with Crippen molar-refractivity contribution in [3.8, 4) is 0 Å². The number of benzene rings is 2. The maximum absolute atomic E-state index is 13.6. The largest absolute Gasteiger partial charge is 0.416 e. The van der Waals surface area contributed by atoms with Gasteiger partial charge in [-0.2, -0.15) is 13.2 Å². The van der Waals surface area contributed by atoms with Crippen molar-refractivity contribution in [1.29, 1.82) is 0 Å². The third-order valence-corrected chi connectivity index (χ3v) is 4.75. The molecule has 0 aliphatic carbocycles. The second-order valence-corrected chi connectivity index (χ2v) is 6.91. The summed E-state index contributed by atoms with van der Waals surface area (Å²) in [7, 11) is -4.46. The highest BCUT2D eigenvalue weighted by atomic mass is 79.9. The van der Waals surface area contributed by atoms with E-state index in [1.54, 1.807) is 4.72 Å². The van der Waals surface area contributed by atoms with Gasteiger partial charge in [0.1, 0.15) is 11.6 Å². The molecule has 23 heavy (non-hydrogen) atoms. The van der Waals surface area contributed by atoms with Crippen molar-refractivity contribution in [2.24, 2.45) is 0 Å². The maximum Gasteiger partial charge on any atom is 0.416 e. The van der Waals surface area contributed by atoms with Crippen LogP contribution in [0.4, 0.5) is 27.6 Å². The van der Waals surface area contributed by atoms with Gasteiger partial charge in [-0.3, -0.25) is 4.72 Å². The van der Waals surface area contributed by atoms with Crippen molar-refractivity contribution in [2.75, 3.05) is 4.72 Å². The van der Waals surface area contributed by atoms with Crippen LogP contribution >= 0.6 is 15.9 Å². The van der Waals surface area contributed by atoms with Crippen LogP contribution < -0.4 is 4.72 Å². The summed E-state index contributed by atoms with van der Waals surface area (Å²) >= 11 is 2.83. The highest BCUT2D eigenvalue weighted by Gasteiger charge is 2.31. The van der Waals surface area contributed by atoms with Gasteiger partial charge in [-0.15, -0.1) is 0 Å². The predicted molar refractivity (Wildman–Crippen MR) is 76.3 cm³/mol. The van der Waals surface area contributed by atoms with Gasteiger partial charge in [-0.25, -0.2) is 17.2 Å². The predicted octanol–water partition coefficient (Wildman–Crippen LogP) is 4.55. The number of hydrogen-bond donors (Lipinski definition) is 1. The molecule has 3 nitrogen and oxygen atoms in total. The third-order valence-electron chi connectivity index (χ3n) is 2.74. The quantitative estimate of drug-likeness (QED) is 0.747. The first kappa shape index (κ1) is 17.7. The van der Waals surface area contributed by atoms with Crippen molar-refractivity contribution in [1.82, 2.24) is 0 Å². The summed E-state index contributed by atoms with van der Waals surface area (Å²) in [6.07, 6.45) is -4.77. The molecule has 10 heteroatoms. The molecule has 1 N–H and O–H groups in total. The topological polar surface area (TPSA) is 46.2 Å². The Hall–Kier alpha value is -1.68. The molecular weight excluding hydrogens is 409 g/mol. The lowest BCUT2D eigenvalue weighted by Gasteiger charge is -2.12. The fraction of sp³-hybridized carbons (Fsp3) is 0.0769. The minimum Gasteiger partial charge on any atom is -0.277 e. The SMILES string of the molecule is O=S(=O)(Nc1cc(C(F)(F)F)ccc1F)c1ccc(Br)c(F)c1. The Bertz CT molecular complexity index is 852. The van der Waals surface area contributed by atoms with Crippen LogP contribution in [0.1, 0.15) is 5.56 Å². The van der Waals surface area contributed by atoms with E-state index in [1.165, 1.54) is 0 Å². The second-order valence-electron chi connectivity index (χ2n) is 4.37. The molecule has 0 amide bonds. The van der Waals surface area contributed by atoms with E-state index in [2.05, 4.69) is 15.9 Å². The van der Waals surface area contributed by atoms with E-state index in [9.17, 15) is 30.4 Å². The second kappa shape index (κ2) is 6.08. The van der Waals surface area contributed by atoms with E-state index in [-0.39, 0.29) is 4.47 Å². The van der Waals surface area contributed by atoms with Crippen LogP contribution in [0.3, 0.4) is 0 Å². The van der Waals surface area contributed by atoms with E-state index in [0.717, 1.165) is 12.1 Å². The number of anilines is 1. The molecule has 0 unspecified atom stereocenters. The Kier molecular flexibility index (Phi) is 4.67. The number of sulfonamides is 1. The lowest BCUT2D eigenvalue weighted by molar-refractivity contribution is -0.137. The summed E-state index contributed by atoms with van der Waals surface area (Å²) in [5.41, 5.74) is -2.11. The molecule has 0 heterocycles. The number of hydrogen-bond acceptors (Lipinski definition) is 2. The highest BCUT2D eigenvalue weighted by Crippen LogP contribution is 2.32. The minimum absolute atomic E-state index is 0.00157. The van der Waals surface area contributed by atoms with Crippen molar-refractivity contribution >= 4 is 31.6 Å². The average Bonchev–Trinajstić information content (AvgIpc) is 2.42. The third kappa shape index (κ3) is 3.99. The van der Waals surface area contributed by atoms with E-state index in [1.807, 2.05) is 0 Å². The summed E-state index contributed by atoms with van der Waals surface area (Å²) in [5.74, 6) is -2.09. The first-order chi connectivity index (χ1) is 10.5. The van der Waals surface area contributed by atoms with E-state index < -0.39 is 44.0 Å². The molecule has 0 atom stereocenters. The van der Waals surface area contributed by atoms with Gasteiger partial charge in [0.05, 0.1) is 20.6 Å². The van der Waals surface area contributed by atoms with Crippen LogP contribution in [0.15, 0.2) is 45.8 Å². The fourth-order valence-electron chi connectivity index (χ4n) is 1.63. The molecule has 0 aliphatic heterocycles. The average molecular weight is 416 g/mol. The first-order valence-electron chi connectivity index (χ1n) is 5.85. The molecular formula is C13H7BrF5NO2S. The van der Waals surface area contributed by atoms with Gasteiger partial charge < -0.3 is 0 Å². The number of alkyl halides is 3. The normalized spacial score (nSPS) is 12.3. The van der Waals surface area contributed by atoms with Gasteiger partial charge >= 0.3 is 6.18 Å². The smallest absolute Gasteiger partial charge is 0.277 e. The summed E-state index contributed by atoms with van der Waals surface area (Å²) in [6.45, 7) is 0. The van der Waals surface area contributed by atoms with E-state index in [4.69, 9.17) is 0 Å². The van der Waals surface area contributed by atoms with Gasteiger partial charge in [-0.05, 0) is 52.3 Å². The lowest BCUT2D eigenvalue weighted by Crippen LogP contribution is -2.15. The Balaban J connectivity index is 2.42. The van der Waals surface area contributed by atoms with Crippen LogP contribution in [0.2, 0.25) is 0 Å². The zero-order valence-corrected chi connectivity index (χ0v) is 13.4. The molecule has 2 aromatic rings. The fourth-order valence-corrected chi connectivity index (χ4v) is 2.94. The highest BCUT2D eigenvalue weighted by molar-refractivity contribution is 9.10. The van der Waals surface area contributed by atoms with Crippen LogP contribution in [0.25, 0.3) is 0 Å². The first-order valence-corrected chi connectivity index (χ1v) is 8.13. The standard InChI is InChI=1S/C13H7BrF5NO2S/c14-9-3-2-8(6-11(9)16)23(21,22)20-12-5-7(13(17,18)19)1-4-10(12)15/h1-6,20H. The Morgan fingerprint density at radius 3 is 2.17 bits per heavy atom. The van der Waals surface area contributed by atoms with Gasteiger partial charge in [0.25, 0.3) is 10.0 Å². The van der Waals surface area contributed by atoms with Gasteiger partial charge in [0.2, 0.25) is 0 Å². The van der Waals surface area contributed by atoms with E-state index >= 15 is 0 Å². The molecule has 0 radical (unpaired) electrons. The summed E-state index contributed by atoms with van der Waals surface area (Å²) in [4.78, 5) is -0.560. The van der Waals surface area contributed by atoms with Crippen molar-refractivity contribution < 1.29 is 30.4 Å². The number of nitrogens with one attached hydrogen (secondary N) is 1. The van der Waals surface area contributed by atoms with Crippen LogP contribution in [0, 0.1) is 11.6 Å². The van der Waals surface area contributed by atoms with E-state index in [0.29, 0.717) is 24.3 Å².